The molecule has 1 aliphatic rings. The summed E-state index contributed by atoms with van der Waals surface area (Å²) in [7, 11) is 0. The zero-order valence-corrected chi connectivity index (χ0v) is 13.6. The second-order valence-electron chi connectivity index (χ2n) is 6.86. The number of para-hydroxylation sites is 1. The summed E-state index contributed by atoms with van der Waals surface area (Å²) in [5.41, 5.74) is 7.42. The number of carbonyl (C=O) groups excluding carboxylic acids is 1. The van der Waals surface area contributed by atoms with Gasteiger partial charge in [-0.1, -0.05) is 33.8 Å². The second-order valence-corrected chi connectivity index (χ2v) is 6.86. The fourth-order valence-corrected chi connectivity index (χ4v) is 3.17. The van der Waals surface area contributed by atoms with Crippen LogP contribution < -0.4 is 15.8 Å². The number of nitrogens with one attached hydrogen (secondary N) is 1. The van der Waals surface area contributed by atoms with Crippen molar-refractivity contribution in [2.45, 2.75) is 34.6 Å². The zero-order chi connectivity index (χ0) is 15.8. The maximum Gasteiger partial charge on any atom is 0.255 e. The van der Waals surface area contributed by atoms with Crippen molar-refractivity contribution in [2.24, 2.45) is 16.7 Å². The van der Waals surface area contributed by atoms with Crippen LogP contribution in [-0.4, -0.2) is 19.1 Å². The van der Waals surface area contributed by atoms with E-state index in [0.717, 1.165) is 0 Å². The summed E-state index contributed by atoms with van der Waals surface area (Å²) in [4.78, 5) is 12.4. The van der Waals surface area contributed by atoms with Crippen LogP contribution in [0.25, 0.3) is 0 Å². The van der Waals surface area contributed by atoms with E-state index < -0.39 is 0 Å². The van der Waals surface area contributed by atoms with Gasteiger partial charge in [-0.15, -0.1) is 0 Å². The minimum Gasteiger partial charge on any atom is -0.491 e. The monoisotopic (exact) mass is 290 g/mol. The number of hydrogen-bond donors (Lipinski definition) is 2. The molecule has 1 aromatic rings. The fourth-order valence-electron chi connectivity index (χ4n) is 3.17. The van der Waals surface area contributed by atoms with E-state index in [0.29, 0.717) is 36.1 Å². The molecule has 2 rings (SSSR count). The van der Waals surface area contributed by atoms with E-state index in [1.807, 2.05) is 6.92 Å². The van der Waals surface area contributed by atoms with Gasteiger partial charge < -0.3 is 15.8 Å². The van der Waals surface area contributed by atoms with Gasteiger partial charge in [0.25, 0.3) is 5.91 Å². The lowest BCUT2D eigenvalue weighted by Crippen LogP contribution is -2.27. The summed E-state index contributed by atoms with van der Waals surface area (Å²) < 4.78 is 5.51. The third-order valence-corrected chi connectivity index (χ3v) is 5.37. The molecule has 0 radical (unpaired) electrons. The molecule has 1 aliphatic carbocycles. The van der Waals surface area contributed by atoms with Crippen molar-refractivity contribution in [3.8, 4) is 5.75 Å². The van der Waals surface area contributed by atoms with E-state index in [2.05, 4.69) is 33.0 Å². The summed E-state index contributed by atoms with van der Waals surface area (Å²) in [6, 6.07) is 5.27. The van der Waals surface area contributed by atoms with Gasteiger partial charge in [0, 0.05) is 6.54 Å². The van der Waals surface area contributed by atoms with Crippen molar-refractivity contribution < 1.29 is 9.53 Å². The second kappa shape index (κ2) is 5.24. The maximum atomic E-state index is 12.4. The van der Waals surface area contributed by atoms with E-state index in [-0.39, 0.29) is 16.7 Å². The van der Waals surface area contributed by atoms with Crippen molar-refractivity contribution >= 4 is 11.6 Å². The summed E-state index contributed by atoms with van der Waals surface area (Å²) in [6.07, 6.45) is 0. The van der Waals surface area contributed by atoms with Crippen molar-refractivity contribution in [2.75, 3.05) is 18.9 Å². The number of amides is 1. The number of anilines is 1. The molecule has 1 saturated carbocycles. The Bertz CT molecular complexity index is 536. The minimum absolute atomic E-state index is 0.121. The fraction of sp³-hybridized carbons (Fsp3) is 0.588. The molecule has 116 valence electrons. The topological polar surface area (TPSA) is 64.3 Å². The highest BCUT2D eigenvalue weighted by atomic mass is 16.5. The number of rotatable bonds is 5. The van der Waals surface area contributed by atoms with Crippen LogP contribution in [0.4, 0.5) is 5.69 Å². The van der Waals surface area contributed by atoms with Gasteiger partial charge in [0.15, 0.2) is 5.75 Å². The van der Waals surface area contributed by atoms with Crippen molar-refractivity contribution in [1.82, 2.24) is 5.32 Å². The van der Waals surface area contributed by atoms with E-state index in [1.54, 1.807) is 18.2 Å². The molecule has 0 spiro atoms. The molecule has 0 atom stereocenters. The van der Waals surface area contributed by atoms with Gasteiger partial charge in [0.05, 0.1) is 17.9 Å². The first-order valence-corrected chi connectivity index (χ1v) is 7.53. The molecule has 3 N–H and O–H groups in total. The predicted molar refractivity (Wildman–Crippen MR) is 85.4 cm³/mol. The molecular formula is C17H26N2O2. The number of nitrogens with two attached hydrogens (primary N) is 1. The van der Waals surface area contributed by atoms with E-state index in [9.17, 15) is 4.79 Å². The Morgan fingerprint density at radius 1 is 1.29 bits per heavy atom. The summed E-state index contributed by atoms with van der Waals surface area (Å²) >= 11 is 0. The van der Waals surface area contributed by atoms with Crippen molar-refractivity contribution in [3.63, 3.8) is 0 Å². The summed E-state index contributed by atoms with van der Waals surface area (Å²) in [5, 5.41) is 3.02. The Hall–Kier alpha value is -1.71. The first-order chi connectivity index (χ1) is 9.73. The molecule has 1 fully saturated rings. The molecular weight excluding hydrogens is 264 g/mol. The van der Waals surface area contributed by atoms with Gasteiger partial charge in [-0.25, -0.2) is 0 Å². The smallest absolute Gasteiger partial charge is 0.255 e. The zero-order valence-electron chi connectivity index (χ0n) is 13.6. The summed E-state index contributed by atoms with van der Waals surface area (Å²) in [5.74, 6) is 0.849. The van der Waals surface area contributed by atoms with Crippen LogP contribution in [0.3, 0.4) is 0 Å². The molecule has 1 aromatic carbocycles. The highest BCUT2D eigenvalue weighted by Crippen LogP contribution is 2.67. The number of benzene rings is 1. The molecule has 0 saturated heterocycles. The summed E-state index contributed by atoms with van der Waals surface area (Å²) in [6.45, 7) is 12.0. The Morgan fingerprint density at radius 3 is 2.43 bits per heavy atom. The SMILES string of the molecule is CCOc1c(N)cccc1C(=O)NCC1C(C)(C)C1(C)C. The first-order valence-electron chi connectivity index (χ1n) is 7.53. The lowest BCUT2D eigenvalue weighted by Gasteiger charge is -2.13. The van der Waals surface area contributed by atoms with E-state index in [1.165, 1.54) is 0 Å². The molecule has 0 bridgehead atoms. The highest BCUT2D eigenvalue weighted by Gasteiger charge is 2.64. The molecule has 1 amide bonds. The molecule has 0 unspecified atom stereocenters. The van der Waals surface area contributed by atoms with Crippen LogP contribution in [0.1, 0.15) is 45.0 Å². The Labute approximate surface area is 127 Å². The Kier molecular flexibility index (Phi) is 3.91. The van der Waals surface area contributed by atoms with Crippen molar-refractivity contribution in [3.05, 3.63) is 23.8 Å². The quantitative estimate of drug-likeness (QED) is 0.819. The average Bonchev–Trinajstić information content (AvgIpc) is 2.79. The van der Waals surface area contributed by atoms with Gasteiger partial charge in [-0.05, 0) is 35.8 Å². The van der Waals surface area contributed by atoms with Gasteiger partial charge in [0.1, 0.15) is 0 Å². The van der Waals surface area contributed by atoms with Gasteiger partial charge in [-0.3, -0.25) is 4.79 Å². The van der Waals surface area contributed by atoms with Crippen molar-refractivity contribution in [1.29, 1.82) is 0 Å². The van der Waals surface area contributed by atoms with E-state index in [4.69, 9.17) is 10.5 Å². The maximum absolute atomic E-state index is 12.4. The Morgan fingerprint density at radius 2 is 1.90 bits per heavy atom. The minimum atomic E-state index is -0.121. The van der Waals surface area contributed by atoms with Crippen LogP contribution in [0.2, 0.25) is 0 Å². The standard InChI is InChI=1S/C17H26N2O2/c1-6-21-14-11(8-7-9-12(14)18)15(20)19-10-13-16(2,3)17(13,4)5/h7-9,13H,6,10,18H2,1-5H3,(H,19,20). The third kappa shape index (κ3) is 2.59. The third-order valence-electron chi connectivity index (χ3n) is 5.37. The van der Waals surface area contributed by atoms with Crippen LogP contribution in [0.15, 0.2) is 18.2 Å². The number of nitrogen functional groups attached to an aromatic ring is 1. The van der Waals surface area contributed by atoms with Crippen LogP contribution in [0, 0.1) is 16.7 Å². The van der Waals surface area contributed by atoms with Gasteiger partial charge in [-0.2, -0.15) is 0 Å². The van der Waals surface area contributed by atoms with Crippen LogP contribution in [-0.2, 0) is 0 Å². The van der Waals surface area contributed by atoms with Gasteiger partial charge >= 0.3 is 0 Å². The molecule has 4 heteroatoms. The largest absolute Gasteiger partial charge is 0.491 e. The van der Waals surface area contributed by atoms with Gasteiger partial charge in [0.2, 0.25) is 0 Å². The molecule has 0 heterocycles. The van der Waals surface area contributed by atoms with Crippen LogP contribution >= 0.6 is 0 Å². The molecule has 0 aromatic heterocycles. The highest BCUT2D eigenvalue weighted by molar-refractivity contribution is 5.98. The average molecular weight is 290 g/mol. The van der Waals surface area contributed by atoms with E-state index >= 15 is 0 Å². The number of ether oxygens (including phenoxy) is 1. The number of carbonyl (C=O) groups is 1. The Balaban J connectivity index is 2.07. The predicted octanol–water partition coefficient (Wildman–Crippen LogP) is 3.08. The molecule has 21 heavy (non-hydrogen) atoms. The molecule has 0 aliphatic heterocycles. The first kappa shape index (κ1) is 15.7. The lowest BCUT2D eigenvalue weighted by molar-refractivity contribution is 0.0946. The lowest BCUT2D eigenvalue weighted by atomic mass is 10.0. The normalized spacial score (nSPS) is 19.1. The number of hydrogen-bond acceptors (Lipinski definition) is 3. The van der Waals surface area contributed by atoms with Crippen LogP contribution in [0.5, 0.6) is 5.75 Å². The molecule has 4 nitrogen and oxygen atoms in total.